The molecule has 0 fully saturated rings. The van der Waals surface area contributed by atoms with E-state index >= 15 is 0 Å². The number of rotatable bonds is 2. The summed E-state index contributed by atoms with van der Waals surface area (Å²) in [4.78, 5) is 0. The van der Waals surface area contributed by atoms with E-state index in [1.165, 1.54) is 0 Å². The molecule has 0 aromatic rings. The Morgan fingerprint density at radius 3 is 2.00 bits per heavy atom. The van der Waals surface area contributed by atoms with Gasteiger partial charge in [0.2, 0.25) is 0 Å². The van der Waals surface area contributed by atoms with Crippen molar-refractivity contribution in [2.24, 2.45) is 0 Å². The second-order valence-electron chi connectivity index (χ2n) is 1.30. The number of hydrogen-bond acceptors (Lipinski definition) is 3. The Balaban J connectivity index is 4.04. The van der Waals surface area contributed by atoms with Crippen molar-refractivity contribution in [3.63, 3.8) is 0 Å². The molecule has 0 N–H and O–H groups in total. The summed E-state index contributed by atoms with van der Waals surface area (Å²) >= 11 is 0. The highest BCUT2D eigenvalue weighted by Gasteiger charge is 2.15. The Morgan fingerprint density at radius 1 is 1.62 bits per heavy atom. The summed E-state index contributed by atoms with van der Waals surface area (Å²) < 4.78 is 30.9. The predicted molar refractivity (Wildman–Crippen MR) is 33.5 cm³/mol. The first-order chi connectivity index (χ1) is 3.48. The average Bonchev–Trinajstić information content (AvgIpc) is 1.62. The van der Waals surface area contributed by atoms with Crippen LogP contribution in [0.15, 0.2) is 0 Å². The van der Waals surface area contributed by atoms with Crippen LogP contribution in [-0.2, 0) is 19.1 Å². The summed E-state index contributed by atoms with van der Waals surface area (Å²) in [5.74, 6) is 0.179. The molecule has 8 heavy (non-hydrogen) atoms. The molecule has 5 heteroatoms. The van der Waals surface area contributed by atoms with Crippen LogP contribution in [0, 0.1) is 0 Å². The zero-order valence-corrected chi connectivity index (χ0v) is 6.38. The van der Waals surface area contributed by atoms with Crippen molar-refractivity contribution in [3.8, 4) is 0 Å². The first kappa shape index (κ1) is 8.26. The SMILES string of the molecule is CC[S+]([O-])S(C)(=O)=O. The minimum Gasteiger partial charge on any atom is -0.602 e. The molecule has 0 spiro atoms. The fourth-order valence-corrected chi connectivity index (χ4v) is 1.93. The molecule has 3 nitrogen and oxygen atoms in total. The molecule has 1 unspecified atom stereocenters. The maximum Gasteiger partial charge on any atom is 0.310 e. The molecule has 0 bridgehead atoms. The second kappa shape index (κ2) is 2.70. The molecule has 0 radical (unpaired) electrons. The van der Waals surface area contributed by atoms with E-state index in [1.807, 2.05) is 0 Å². The van der Waals surface area contributed by atoms with E-state index < -0.39 is 19.1 Å². The van der Waals surface area contributed by atoms with Gasteiger partial charge in [-0.1, -0.05) is 0 Å². The Bertz CT molecular complexity index is 148. The van der Waals surface area contributed by atoms with Gasteiger partial charge in [0.15, 0.2) is 0 Å². The average molecular weight is 156 g/mol. The molecule has 50 valence electrons. The fraction of sp³-hybridized carbons (Fsp3) is 1.00. The lowest BCUT2D eigenvalue weighted by atomic mass is 11.0. The fourth-order valence-electron chi connectivity index (χ4n) is 0.214. The monoisotopic (exact) mass is 156 g/mol. The number of hydrogen-bond donors (Lipinski definition) is 0. The summed E-state index contributed by atoms with van der Waals surface area (Å²) in [6.07, 6.45) is 0.965. The van der Waals surface area contributed by atoms with E-state index in [0.29, 0.717) is 0 Å². The van der Waals surface area contributed by atoms with Crippen molar-refractivity contribution in [2.75, 3.05) is 12.0 Å². The summed E-state index contributed by atoms with van der Waals surface area (Å²) in [7, 11) is -4.95. The minimum absolute atomic E-state index is 0.179. The smallest absolute Gasteiger partial charge is 0.310 e. The van der Waals surface area contributed by atoms with Crippen LogP contribution in [0.2, 0.25) is 0 Å². The van der Waals surface area contributed by atoms with Crippen LogP contribution in [0.25, 0.3) is 0 Å². The van der Waals surface area contributed by atoms with Gasteiger partial charge in [-0.25, -0.2) is 0 Å². The summed E-state index contributed by atoms with van der Waals surface area (Å²) in [6.45, 7) is 1.57. The van der Waals surface area contributed by atoms with E-state index in [2.05, 4.69) is 0 Å². The molecule has 0 heterocycles. The standard InChI is InChI=1S/C3H8O3S2/c1-3-7(4)8(2,5)6/h3H2,1-2H3. The molecule has 0 saturated heterocycles. The van der Waals surface area contributed by atoms with Crippen LogP contribution >= 0.6 is 0 Å². The predicted octanol–water partition coefficient (Wildman–Crippen LogP) is -0.285. The van der Waals surface area contributed by atoms with Crippen molar-refractivity contribution in [1.82, 2.24) is 0 Å². The van der Waals surface area contributed by atoms with Gasteiger partial charge in [-0.15, -0.1) is 0 Å². The highest BCUT2D eigenvalue weighted by atomic mass is 33.2. The van der Waals surface area contributed by atoms with Crippen molar-refractivity contribution in [2.45, 2.75) is 6.92 Å². The zero-order valence-electron chi connectivity index (χ0n) is 4.75. The Hall–Kier alpha value is 0.260. The normalized spacial score (nSPS) is 15.9. The van der Waals surface area contributed by atoms with Crippen LogP contribution < -0.4 is 0 Å². The third kappa shape index (κ3) is 2.54. The van der Waals surface area contributed by atoms with E-state index in [1.54, 1.807) is 6.92 Å². The second-order valence-corrected chi connectivity index (χ2v) is 6.82. The van der Waals surface area contributed by atoms with E-state index in [-0.39, 0.29) is 5.75 Å². The topological polar surface area (TPSA) is 57.2 Å². The molecule has 0 aliphatic carbocycles. The largest absolute Gasteiger partial charge is 0.602 e. The third-order valence-corrected chi connectivity index (χ3v) is 4.45. The molecule has 1 atom stereocenters. The maximum absolute atomic E-state index is 10.4. The molecular weight excluding hydrogens is 148 g/mol. The molecule has 0 aromatic heterocycles. The van der Waals surface area contributed by atoms with Gasteiger partial charge >= 0.3 is 8.87 Å². The van der Waals surface area contributed by atoms with Crippen LogP contribution in [0.5, 0.6) is 0 Å². The summed E-state index contributed by atoms with van der Waals surface area (Å²) in [5.41, 5.74) is 0. The quantitative estimate of drug-likeness (QED) is 0.408. The van der Waals surface area contributed by atoms with Crippen molar-refractivity contribution in [3.05, 3.63) is 0 Å². The van der Waals surface area contributed by atoms with Gasteiger partial charge in [-0.05, 0) is 6.92 Å². The molecule has 0 aliphatic rings. The maximum atomic E-state index is 10.4. The van der Waals surface area contributed by atoms with Crippen molar-refractivity contribution < 1.29 is 13.0 Å². The van der Waals surface area contributed by atoms with Crippen LogP contribution in [0.4, 0.5) is 0 Å². The minimum atomic E-state index is -3.28. The lowest BCUT2D eigenvalue weighted by molar-refractivity contribution is 0.586. The van der Waals surface area contributed by atoms with Crippen molar-refractivity contribution in [1.29, 1.82) is 0 Å². The van der Waals surface area contributed by atoms with Gasteiger partial charge < -0.3 is 4.55 Å². The third-order valence-electron chi connectivity index (χ3n) is 0.573. The first-order valence-electron chi connectivity index (χ1n) is 2.07. The lowest BCUT2D eigenvalue weighted by Crippen LogP contribution is -2.15. The highest BCUT2D eigenvalue weighted by molar-refractivity contribution is 8.66. The highest BCUT2D eigenvalue weighted by Crippen LogP contribution is 1.97. The zero-order chi connectivity index (χ0) is 6.78. The van der Waals surface area contributed by atoms with Gasteiger partial charge in [0.1, 0.15) is 5.75 Å². The van der Waals surface area contributed by atoms with E-state index in [4.69, 9.17) is 0 Å². The molecular formula is C3H8O3S2. The van der Waals surface area contributed by atoms with Gasteiger partial charge in [-0.3, -0.25) is 0 Å². The summed E-state index contributed by atoms with van der Waals surface area (Å²) in [5, 5.41) is 0. The van der Waals surface area contributed by atoms with Gasteiger partial charge in [0.25, 0.3) is 0 Å². The van der Waals surface area contributed by atoms with E-state index in [9.17, 15) is 13.0 Å². The van der Waals surface area contributed by atoms with Gasteiger partial charge in [0.05, 0.1) is 16.5 Å². The lowest BCUT2D eigenvalue weighted by Gasteiger charge is -2.01. The van der Waals surface area contributed by atoms with Crippen molar-refractivity contribution >= 4 is 19.1 Å². The Labute approximate surface area is 51.6 Å². The molecule has 0 rings (SSSR count). The summed E-state index contributed by atoms with van der Waals surface area (Å²) in [6, 6.07) is 0. The van der Waals surface area contributed by atoms with E-state index in [0.717, 1.165) is 6.26 Å². The molecule has 0 aromatic carbocycles. The van der Waals surface area contributed by atoms with Crippen LogP contribution in [-0.4, -0.2) is 25.0 Å². The van der Waals surface area contributed by atoms with Crippen LogP contribution in [0.1, 0.15) is 6.92 Å². The Morgan fingerprint density at radius 2 is 2.00 bits per heavy atom. The molecule has 0 saturated carbocycles. The molecule has 0 aliphatic heterocycles. The Kier molecular flexibility index (Phi) is 2.79. The van der Waals surface area contributed by atoms with Gasteiger partial charge in [0, 0.05) is 0 Å². The molecule has 0 amide bonds. The first-order valence-corrected chi connectivity index (χ1v) is 5.80. The van der Waals surface area contributed by atoms with Gasteiger partial charge in [-0.2, -0.15) is 8.42 Å². The van der Waals surface area contributed by atoms with Crippen LogP contribution in [0.3, 0.4) is 0 Å².